The smallest absolute Gasteiger partial charge is 0.257 e. The molecule has 0 radical (unpaired) electrons. The highest BCUT2D eigenvalue weighted by molar-refractivity contribution is 9.10. The van der Waals surface area contributed by atoms with Gasteiger partial charge in [0, 0.05) is 15.6 Å². The maximum absolute atomic E-state index is 12.0. The lowest BCUT2D eigenvalue weighted by Crippen LogP contribution is -2.42. The molecule has 0 spiro atoms. The minimum atomic E-state index is -0.380. The average Bonchev–Trinajstić information content (AvgIpc) is 2.48. The van der Waals surface area contributed by atoms with Crippen LogP contribution in [0.3, 0.4) is 0 Å². The van der Waals surface area contributed by atoms with E-state index >= 15 is 0 Å². The number of hydrogen-bond acceptors (Lipinski definition) is 3. The van der Waals surface area contributed by atoms with Gasteiger partial charge in [0.1, 0.15) is 0 Å². The van der Waals surface area contributed by atoms with E-state index in [2.05, 4.69) is 26.6 Å². The predicted molar refractivity (Wildman–Crippen MR) is 88.1 cm³/mol. The molecule has 106 valence electrons. The Balaban J connectivity index is 1.96. The van der Waals surface area contributed by atoms with Gasteiger partial charge in [0.25, 0.3) is 11.8 Å². The summed E-state index contributed by atoms with van der Waals surface area (Å²) in [7, 11) is 0. The molecule has 0 heterocycles. The molecule has 21 heavy (non-hydrogen) atoms. The van der Waals surface area contributed by atoms with Crippen LogP contribution in [0.15, 0.2) is 59.1 Å². The monoisotopic (exact) mass is 362 g/mol. The first kappa shape index (κ1) is 15.3. The number of carbonyl (C=O) groups is 2. The van der Waals surface area contributed by atoms with Gasteiger partial charge in [0.05, 0.1) is 0 Å². The van der Waals surface area contributed by atoms with Crippen LogP contribution in [0.1, 0.15) is 20.7 Å². The molecular formula is C15H11BrN2O2S. The average molecular weight is 363 g/mol. The summed E-state index contributed by atoms with van der Waals surface area (Å²) < 4.78 is 0.786. The van der Waals surface area contributed by atoms with Gasteiger partial charge >= 0.3 is 0 Å². The summed E-state index contributed by atoms with van der Waals surface area (Å²) in [6, 6.07) is 15.5. The van der Waals surface area contributed by atoms with Gasteiger partial charge < -0.3 is 0 Å². The third-order valence-corrected chi connectivity index (χ3v) is 3.27. The number of thiocarbonyl (C=S) groups is 1. The summed E-state index contributed by atoms with van der Waals surface area (Å²) in [6.45, 7) is 0. The normalized spacial score (nSPS) is 9.76. The van der Waals surface area contributed by atoms with Crippen LogP contribution in [0.2, 0.25) is 0 Å². The van der Waals surface area contributed by atoms with Gasteiger partial charge in [0.2, 0.25) is 0 Å². The van der Waals surface area contributed by atoms with Gasteiger partial charge in [-0.05, 0) is 42.5 Å². The van der Waals surface area contributed by atoms with Crippen molar-refractivity contribution in [2.24, 2.45) is 0 Å². The second-order valence-corrected chi connectivity index (χ2v) is 5.44. The van der Waals surface area contributed by atoms with Gasteiger partial charge in [-0.3, -0.25) is 20.2 Å². The molecule has 0 aliphatic carbocycles. The van der Waals surface area contributed by atoms with E-state index in [1.807, 2.05) is 12.1 Å². The molecule has 2 aromatic carbocycles. The maximum Gasteiger partial charge on any atom is 0.257 e. The SMILES string of the molecule is O=C(NC(=S)NC(=O)c1cccc(Br)c1)c1ccccc1. The van der Waals surface area contributed by atoms with Crippen LogP contribution in [0.4, 0.5) is 0 Å². The first-order valence-electron chi connectivity index (χ1n) is 6.03. The van der Waals surface area contributed by atoms with Crippen molar-refractivity contribution in [3.8, 4) is 0 Å². The van der Waals surface area contributed by atoms with Gasteiger partial charge in [-0.25, -0.2) is 0 Å². The molecule has 4 nitrogen and oxygen atoms in total. The quantitative estimate of drug-likeness (QED) is 0.807. The lowest BCUT2D eigenvalue weighted by Gasteiger charge is -2.08. The van der Waals surface area contributed by atoms with Crippen LogP contribution in [0.5, 0.6) is 0 Å². The first-order valence-corrected chi connectivity index (χ1v) is 7.23. The zero-order valence-electron chi connectivity index (χ0n) is 10.8. The zero-order chi connectivity index (χ0) is 15.2. The molecule has 2 N–H and O–H groups in total. The van der Waals surface area contributed by atoms with E-state index in [9.17, 15) is 9.59 Å². The van der Waals surface area contributed by atoms with Gasteiger partial charge in [-0.1, -0.05) is 40.2 Å². The van der Waals surface area contributed by atoms with Crippen LogP contribution in [0, 0.1) is 0 Å². The fraction of sp³-hybridized carbons (Fsp3) is 0. The summed E-state index contributed by atoms with van der Waals surface area (Å²) >= 11 is 8.25. The third kappa shape index (κ3) is 4.47. The lowest BCUT2D eigenvalue weighted by molar-refractivity contribution is 0.0968. The maximum atomic E-state index is 12.0. The van der Waals surface area contributed by atoms with Crippen molar-refractivity contribution in [3.05, 3.63) is 70.2 Å². The molecule has 0 aliphatic heterocycles. The van der Waals surface area contributed by atoms with Crippen molar-refractivity contribution in [3.63, 3.8) is 0 Å². The Kier molecular flexibility index (Phi) is 5.19. The van der Waals surface area contributed by atoms with E-state index in [0.717, 1.165) is 4.47 Å². The molecule has 2 rings (SSSR count). The van der Waals surface area contributed by atoms with Crippen molar-refractivity contribution < 1.29 is 9.59 Å². The topological polar surface area (TPSA) is 58.2 Å². The number of rotatable bonds is 2. The van der Waals surface area contributed by atoms with Crippen molar-refractivity contribution in [2.75, 3.05) is 0 Å². The standard InChI is InChI=1S/C15H11BrN2O2S/c16-12-8-4-7-11(9-12)14(20)18-15(21)17-13(19)10-5-2-1-3-6-10/h1-9H,(H2,17,18,19,20,21). The molecule has 6 heteroatoms. The molecule has 0 fully saturated rings. The van der Waals surface area contributed by atoms with E-state index in [-0.39, 0.29) is 16.9 Å². The highest BCUT2D eigenvalue weighted by Crippen LogP contribution is 2.11. The molecule has 2 amide bonds. The molecule has 0 aromatic heterocycles. The van der Waals surface area contributed by atoms with E-state index in [0.29, 0.717) is 11.1 Å². The summed E-state index contributed by atoms with van der Waals surface area (Å²) in [5.74, 6) is -0.746. The Morgan fingerprint density at radius 1 is 0.857 bits per heavy atom. The number of halogens is 1. The Bertz CT molecular complexity index is 689. The van der Waals surface area contributed by atoms with E-state index in [1.54, 1.807) is 42.5 Å². The van der Waals surface area contributed by atoms with Crippen molar-refractivity contribution in [2.45, 2.75) is 0 Å². The van der Waals surface area contributed by atoms with Crippen LogP contribution >= 0.6 is 28.1 Å². The van der Waals surface area contributed by atoms with Crippen LogP contribution in [-0.4, -0.2) is 16.9 Å². The molecule has 2 aromatic rings. The molecule has 0 saturated carbocycles. The summed E-state index contributed by atoms with van der Waals surface area (Å²) in [4.78, 5) is 23.8. The van der Waals surface area contributed by atoms with Crippen LogP contribution in [0.25, 0.3) is 0 Å². The van der Waals surface area contributed by atoms with Crippen molar-refractivity contribution in [1.29, 1.82) is 0 Å². The molecule has 0 unspecified atom stereocenters. The number of hydrogen-bond donors (Lipinski definition) is 2. The minimum Gasteiger partial charge on any atom is -0.299 e. The van der Waals surface area contributed by atoms with Crippen molar-refractivity contribution >= 4 is 45.1 Å². The van der Waals surface area contributed by atoms with E-state index in [4.69, 9.17) is 12.2 Å². The zero-order valence-corrected chi connectivity index (χ0v) is 13.2. The number of carbonyl (C=O) groups excluding carboxylic acids is 2. The molecule has 0 saturated heterocycles. The minimum absolute atomic E-state index is 0.0335. The Hall–Kier alpha value is -2.05. The van der Waals surface area contributed by atoms with Gasteiger partial charge in [-0.2, -0.15) is 0 Å². The fourth-order valence-corrected chi connectivity index (χ4v) is 2.19. The highest BCUT2D eigenvalue weighted by atomic mass is 79.9. The van der Waals surface area contributed by atoms with E-state index < -0.39 is 0 Å². The molecule has 0 bridgehead atoms. The number of benzene rings is 2. The lowest BCUT2D eigenvalue weighted by atomic mass is 10.2. The second-order valence-electron chi connectivity index (χ2n) is 4.11. The number of amides is 2. The Morgan fingerprint density at radius 3 is 2.05 bits per heavy atom. The Morgan fingerprint density at radius 2 is 1.43 bits per heavy atom. The predicted octanol–water partition coefficient (Wildman–Crippen LogP) is 2.89. The van der Waals surface area contributed by atoms with Gasteiger partial charge in [-0.15, -0.1) is 0 Å². The largest absolute Gasteiger partial charge is 0.299 e. The highest BCUT2D eigenvalue weighted by Gasteiger charge is 2.11. The van der Waals surface area contributed by atoms with Crippen LogP contribution < -0.4 is 10.6 Å². The van der Waals surface area contributed by atoms with E-state index in [1.165, 1.54) is 0 Å². The second kappa shape index (κ2) is 7.10. The molecular weight excluding hydrogens is 352 g/mol. The van der Waals surface area contributed by atoms with Gasteiger partial charge in [0.15, 0.2) is 5.11 Å². The number of nitrogens with one attached hydrogen (secondary N) is 2. The van der Waals surface area contributed by atoms with Crippen LogP contribution in [-0.2, 0) is 0 Å². The van der Waals surface area contributed by atoms with Crippen molar-refractivity contribution in [1.82, 2.24) is 10.6 Å². The summed E-state index contributed by atoms with van der Waals surface area (Å²) in [6.07, 6.45) is 0. The third-order valence-electron chi connectivity index (χ3n) is 2.58. The summed E-state index contributed by atoms with van der Waals surface area (Å²) in [5, 5.41) is 4.89. The summed E-state index contributed by atoms with van der Waals surface area (Å²) in [5.41, 5.74) is 0.914. The first-order chi connectivity index (χ1) is 10.1. The molecule has 0 aliphatic rings. The fourth-order valence-electron chi connectivity index (χ4n) is 1.60. The molecule has 0 atom stereocenters. The Labute approximate surface area is 135 Å².